The zero-order valence-corrected chi connectivity index (χ0v) is 7.58. The molecule has 58 valence electrons. The Bertz CT molecular complexity index is 298. The lowest BCUT2D eigenvalue weighted by Gasteiger charge is -1.98. The van der Waals surface area contributed by atoms with Crippen LogP contribution in [-0.2, 0) is 0 Å². The predicted octanol–water partition coefficient (Wildman–Crippen LogP) is 2.99. The van der Waals surface area contributed by atoms with Crippen LogP contribution in [0.2, 0.25) is 10.4 Å². The Morgan fingerprint density at radius 2 is 2.09 bits per heavy atom. The van der Waals surface area contributed by atoms with Gasteiger partial charge >= 0.3 is 0 Å². The molecule has 0 unspecified atom stereocenters. The third-order valence-corrected chi connectivity index (χ3v) is 1.68. The number of aromatic nitrogens is 2. The molecule has 0 radical (unpaired) electrons. The van der Waals surface area contributed by atoms with Gasteiger partial charge in [-0.25, -0.2) is 9.97 Å². The first-order valence-corrected chi connectivity index (χ1v) is 3.77. The SMILES string of the molecule is C=C(Cl)c1cnc(Cl)nc1Cl. The molecular weight excluding hydrogens is 206 g/mol. The Balaban J connectivity index is 3.20. The molecule has 0 bridgehead atoms. The Morgan fingerprint density at radius 3 is 2.55 bits per heavy atom. The minimum atomic E-state index is 0.0941. The highest BCUT2D eigenvalue weighted by molar-refractivity contribution is 6.50. The summed E-state index contributed by atoms with van der Waals surface area (Å²) in [6.07, 6.45) is 1.42. The minimum absolute atomic E-state index is 0.0941. The number of halogens is 3. The van der Waals surface area contributed by atoms with Crippen LogP contribution in [0.3, 0.4) is 0 Å². The summed E-state index contributed by atoms with van der Waals surface area (Å²) >= 11 is 16.6. The third-order valence-electron chi connectivity index (χ3n) is 1.01. The first kappa shape index (κ1) is 8.78. The molecule has 0 aliphatic rings. The number of rotatable bonds is 1. The van der Waals surface area contributed by atoms with Crippen molar-refractivity contribution in [3.05, 3.63) is 28.8 Å². The highest BCUT2D eigenvalue weighted by Crippen LogP contribution is 2.23. The summed E-state index contributed by atoms with van der Waals surface area (Å²) in [5.41, 5.74) is 0.498. The van der Waals surface area contributed by atoms with E-state index in [0.29, 0.717) is 10.6 Å². The van der Waals surface area contributed by atoms with Gasteiger partial charge in [0.25, 0.3) is 0 Å². The molecule has 0 atom stereocenters. The van der Waals surface area contributed by atoms with Crippen LogP contribution in [-0.4, -0.2) is 9.97 Å². The molecule has 2 nitrogen and oxygen atoms in total. The van der Waals surface area contributed by atoms with Crippen LogP contribution in [0.1, 0.15) is 5.56 Å². The van der Waals surface area contributed by atoms with Gasteiger partial charge < -0.3 is 0 Å². The van der Waals surface area contributed by atoms with E-state index in [2.05, 4.69) is 16.5 Å². The quantitative estimate of drug-likeness (QED) is 0.525. The Hall–Kier alpha value is -0.310. The first-order valence-electron chi connectivity index (χ1n) is 2.64. The summed E-state index contributed by atoms with van der Waals surface area (Å²) in [6.45, 7) is 3.47. The van der Waals surface area contributed by atoms with Crippen molar-refractivity contribution in [1.29, 1.82) is 0 Å². The summed E-state index contributed by atoms with van der Waals surface area (Å²) in [5.74, 6) is 0. The average Bonchev–Trinajstić information content (AvgIpc) is 1.85. The summed E-state index contributed by atoms with van der Waals surface area (Å²) in [7, 11) is 0. The van der Waals surface area contributed by atoms with Gasteiger partial charge in [-0.3, -0.25) is 0 Å². The van der Waals surface area contributed by atoms with Crippen LogP contribution in [0.4, 0.5) is 0 Å². The summed E-state index contributed by atoms with van der Waals surface area (Å²) < 4.78 is 0. The summed E-state index contributed by atoms with van der Waals surface area (Å²) in [6, 6.07) is 0. The van der Waals surface area contributed by atoms with Gasteiger partial charge in [0.1, 0.15) is 5.15 Å². The van der Waals surface area contributed by atoms with Gasteiger partial charge in [0, 0.05) is 16.8 Å². The van der Waals surface area contributed by atoms with Gasteiger partial charge in [-0.2, -0.15) is 0 Å². The number of hydrogen-bond donors (Lipinski definition) is 0. The average molecular weight is 209 g/mol. The van der Waals surface area contributed by atoms with Gasteiger partial charge in [-0.15, -0.1) is 0 Å². The molecule has 1 heterocycles. The number of hydrogen-bond acceptors (Lipinski definition) is 2. The van der Waals surface area contributed by atoms with Crippen LogP contribution in [0, 0.1) is 0 Å². The fourth-order valence-corrected chi connectivity index (χ4v) is 1.13. The predicted molar refractivity (Wildman–Crippen MR) is 46.9 cm³/mol. The van der Waals surface area contributed by atoms with Crippen LogP contribution in [0.25, 0.3) is 5.03 Å². The van der Waals surface area contributed by atoms with E-state index in [1.807, 2.05) is 0 Å². The standard InChI is InChI=1S/C6H3Cl3N2/c1-3(7)4-2-10-6(9)11-5(4)8/h2H,1H2. The molecule has 0 aromatic carbocycles. The third kappa shape index (κ3) is 2.06. The normalized spacial score (nSPS) is 9.73. The van der Waals surface area contributed by atoms with Gasteiger partial charge in [-0.05, 0) is 11.6 Å². The van der Waals surface area contributed by atoms with Crippen molar-refractivity contribution >= 4 is 39.8 Å². The molecule has 0 aliphatic carbocycles. The van der Waals surface area contributed by atoms with E-state index in [-0.39, 0.29) is 10.4 Å². The maximum absolute atomic E-state index is 5.64. The lowest BCUT2D eigenvalue weighted by Crippen LogP contribution is -1.87. The Labute approximate surface area is 78.8 Å². The highest BCUT2D eigenvalue weighted by atomic mass is 35.5. The molecule has 0 N–H and O–H groups in total. The molecule has 0 aliphatic heterocycles. The Morgan fingerprint density at radius 1 is 1.45 bits per heavy atom. The lowest BCUT2D eigenvalue weighted by molar-refractivity contribution is 1.16. The summed E-state index contributed by atoms with van der Waals surface area (Å²) in [4.78, 5) is 7.36. The first-order chi connectivity index (χ1) is 5.11. The molecule has 0 fully saturated rings. The van der Waals surface area contributed by atoms with Crippen LogP contribution < -0.4 is 0 Å². The highest BCUT2D eigenvalue weighted by Gasteiger charge is 2.04. The molecule has 0 amide bonds. The van der Waals surface area contributed by atoms with Gasteiger partial charge in [-0.1, -0.05) is 29.8 Å². The van der Waals surface area contributed by atoms with Crippen molar-refractivity contribution in [3.63, 3.8) is 0 Å². The lowest BCUT2D eigenvalue weighted by atomic mass is 10.3. The van der Waals surface area contributed by atoms with E-state index in [1.54, 1.807) is 0 Å². The molecular formula is C6H3Cl3N2. The molecule has 0 saturated heterocycles. The van der Waals surface area contributed by atoms with Gasteiger partial charge in [0.05, 0.1) is 0 Å². The van der Waals surface area contributed by atoms with Crippen LogP contribution in [0.15, 0.2) is 12.8 Å². The zero-order chi connectivity index (χ0) is 8.43. The fourth-order valence-electron chi connectivity index (χ4n) is 0.523. The van der Waals surface area contributed by atoms with E-state index in [4.69, 9.17) is 34.8 Å². The van der Waals surface area contributed by atoms with E-state index in [0.717, 1.165) is 0 Å². The summed E-state index contributed by atoms with van der Waals surface area (Å²) in [5, 5.41) is 0.605. The van der Waals surface area contributed by atoms with E-state index in [1.165, 1.54) is 6.20 Å². The molecule has 1 aromatic heterocycles. The second kappa shape index (κ2) is 3.39. The largest absolute Gasteiger partial charge is 0.226 e. The van der Waals surface area contributed by atoms with E-state index in [9.17, 15) is 0 Å². The fraction of sp³-hybridized carbons (Fsp3) is 0. The second-order valence-corrected chi connectivity index (χ2v) is 2.90. The molecule has 1 rings (SSSR count). The Kier molecular flexibility index (Phi) is 2.71. The van der Waals surface area contributed by atoms with Crippen molar-refractivity contribution < 1.29 is 0 Å². The molecule has 0 spiro atoms. The second-order valence-electron chi connectivity index (χ2n) is 1.75. The molecule has 5 heteroatoms. The van der Waals surface area contributed by atoms with Crippen molar-refractivity contribution in [2.24, 2.45) is 0 Å². The van der Waals surface area contributed by atoms with Crippen molar-refractivity contribution in [2.45, 2.75) is 0 Å². The maximum atomic E-state index is 5.64. The van der Waals surface area contributed by atoms with E-state index >= 15 is 0 Å². The van der Waals surface area contributed by atoms with Crippen LogP contribution >= 0.6 is 34.8 Å². The van der Waals surface area contributed by atoms with Crippen molar-refractivity contribution in [3.8, 4) is 0 Å². The maximum Gasteiger partial charge on any atom is 0.223 e. The van der Waals surface area contributed by atoms with Crippen molar-refractivity contribution in [2.75, 3.05) is 0 Å². The van der Waals surface area contributed by atoms with Crippen LogP contribution in [0.5, 0.6) is 0 Å². The zero-order valence-electron chi connectivity index (χ0n) is 5.31. The van der Waals surface area contributed by atoms with Gasteiger partial charge in [0.15, 0.2) is 0 Å². The monoisotopic (exact) mass is 208 g/mol. The molecule has 1 aromatic rings. The topological polar surface area (TPSA) is 25.8 Å². The number of nitrogens with zero attached hydrogens (tertiary/aromatic N) is 2. The van der Waals surface area contributed by atoms with Gasteiger partial charge in [0.2, 0.25) is 5.28 Å². The smallest absolute Gasteiger partial charge is 0.223 e. The molecule has 0 saturated carbocycles. The van der Waals surface area contributed by atoms with E-state index < -0.39 is 0 Å². The molecule has 11 heavy (non-hydrogen) atoms. The minimum Gasteiger partial charge on any atom is -0.226 e. The van der Waals surface area contributed by atoms with Crippen molar-refractivity contribution in [1.82, 2.24) is 9.97 Å².